The Morgan fingerprint density at radius 3 is 1.88 bits per heavy atom. The van der Waals surface area contributed by atoms with Crippen LogP contribution in [0.5, 0.6) is 0 Å². The molecule has 0 radical (unpaired) electrons. The number of hydrogen-bond donors (Lipinski definition) is 0. The highest BCUT2D eigenvalue weighted by Gasteiger charge is 2.20. The molecule has 2 heteroatoms. The number of hydrogen-bond acceptors (Lipinski definition) is 2. The van der Waals surface area contributed by atoms with Crippen molar-refractivity contribution in [2.45, 2.75) is 0 Å². The van der Waals surface area contributed by atoms with Crippen LogP contribution in [0.1, 0.15) is 9.60 Å². The zero-order chi connectivity index (χ0) is 38.0. The molecule has 0 N–H and O–H groups in total. The van der Waals surface area contributed by atoms with Gasteiger partial charge >= 0.3 is 0 Å². The maximum atomic E-state index is 9.23. The van der Waals surface area contributed by atoms with Crippen LogP contribution in [0, 0.1) is 0 Å². The van der Waals surface area contributed by atoms with E-state index in [4.69, 9.17) is 12.6 Å². The van der Waals surface area contributed by atoms with E-state index in [0.29, 0.717) is 11.3 Å². The highest BCUT2D eigenvalue weighted by atomic mass is 16.3. The summed E-state index contributed by atoms with van der Waals surface area (Å²) in [6.45, 7) is 0. The van der Waals surface area contributed by atoms with Gasteiger partial charge < -0.3 is 9.32 Å². The number of para-hydroxylation sites is 3. The minimum absolute atomic E-state index is 0.0237. The fraction of sp³-hybridized carbons (Fsp3) is 0. The Labute approximate surface area is 289 Å². The summed E-state index contributed by atoms with van der Waals surface area (Å²) in [6, 6.07) is 46.2. The molecular formula is C46H31NO. The van der Waals surface area contributed by atoms with E-state index in [1.165, 1.54) is 0 Å². The molecule has 0 atom stereocenters. The SMILES string of the molecule is [2H]c1c([2H])c([2H])c2c(oc3c(-c4ccccc4N(c4ccc(-c5ccccc5)cc4)c4ccc(-c5cccc6ccccc56)cc4)c([2H])c([2H])c([2H])c32)c1[2H]. The van der Waals surface area contributed by atoms with Crippen LogP contribution in [0.15, 0.2) is 192 Å². The Morgan fingerprint density at radius 2 is 1.04 bits per heavy atom. The van der Waals surface area contributed by atoms with Crippen LogP contribution in [-0.2, 0) is 0 Å². The van der Waals surface area contributed by atoms with Crippen molar-refractivity contribution in [1.29, 1.82) is 0 Å². The second-order valence-electron chi connectivity index (χ2n) is 11.6. The summed E-state index contributed by atoms with van der Waals surface area (Å²) in [5, 5.41) is 2.41. The summed E-state index contributed by atoms with van der Waals surface area (Å²) in [5.41, 5.74) is 7.33. The first kappa shape index (κ1) is 21.4. The third-order valence-electron chi connectivity index (χ3n) is 8.81. The largest absolute Gasteiger partial charge is 0.455 e. The molecule has 1 aromatic heterocycles. The fourth-order valence-electron chi connectivity index (χ4n) is 6.53. The molecule has 9 rings (SSSR count). The van der Waals surface area contributed by atoms with Crippen LogP contribution in [0.4, 0.5) is 17.1 Å². The number of fused-ring (bicyclic) bond motifs is 4. The number of furan rings is 1. The van der Waals surface area contributed by atoms with Crippen molar-refractivity contribution in [3.8, 4) is 33.4 Å². The lowest BCUT2D eigenvalue weighted by molar-refractivity contribution is 0.670. The topological polar surface area (TPSA) is 16.4 Å². The molecule has 0 aliphatic rings. The Balaban J connectivity index is 1.28. The van der Waals surface area contributed by atoms with Gasteiger partial charge in [0.15, 0.2) is 0 Å². The van der Waals surface area contributed by atoms with Crippen molar-refractivity contribution >= 4 is 49.8 Å². The van der Waals surface area contributed by atoms with Crippen LogP contribution >= 0.6 is 0 Å². The van der Waals surface area contributed by atoms with Crippen molar-refractivity contribution in [3.05, 3.63) is 188 Å². The van der Waals surface area contributed by atoms with E-state index in [1.54, 1.807) is 0 Å². The van der Waals surface area contributed by atoms with E-state index in [2.05, 4.69) is 83.8 Å². The van der Waals surface area contributed by atoms with Gasteiger partial charge in [0.25, 0.3) is 0 Å². The van der Waals surface area contributed by atoms with E-state index >= 15 is 0 Å². The van der Waals surface area contributed by atoms with Crippen molar-refractivity contribution in [1.82, 2.24) is 0 Å². The second-order valence-corrected chi connectivity index (χ2v) is 11.6. The Morgan fingerprint density at radius 1 is 0.417 bits per heavy atom. The summed E-state index contributed by atoms with van der Waals surface area (Å²) in [7, 11) is 0. The molecule has 0 aliphatic heterocycles. The maximum absolute atomic E-state index is 9.23. The first-order valence-electron chi connectivity index (χ1n) is 19.3. The zero-order valence-electron chi connectivity index (χ0n) is 32.7. The van der Waals surface area contributed by atoms with Gasteiger partial charge in [-0.05, 0) is 69.4 Å². The Kier molecular flexibility index (Phi) is 5.25. The molecule has 226 valence electrons. The van der Waals surface area contributed by atoms with Crippen LogP contribution < -0.4 is 4.90 Å². The van der Waals surface area contributed by atoms with Crippen molar-refractivity contribution < 1.29 is 14.0 Å². The monoisotopic (exact) mass is 620 g/mol. The van der Waals surface area contributed by atoms with E-state index in [0.717, 1.165) is 44.4 Å². The molecule has 0 saturated heterocycles. The molecule has 0 unspecified atom stereocenters. The number of benzene rings is 8. The highest BCUT2D eigenvalue weighted by molar-refractivity contribution is 6.10. The normalized spacial score (nSPS) is 13.4. The minimum atomic E-state index is -0.459. The molecule has 8 aromatic carbocycles. The van der Waals surface area contributed by atoms with Gasteiger partial charge in [-0.1, -0.05) is 152 Å². The molecule has 1 heterocycles. The lowest BCUT2D eigenvalue weighted by Gasteiger charge is -2.28. The van der Waals surface area contributed by atoms with Crippen molar-refractivity contribution in [3.63, 3.8) is 0 Å². The summed E-state index contributed by atoms with van der Waals surface area (Å²) in [6.07, 6.45) is 0. The van der Waals surface area contributed by atoms with Gasteiger partial charge in [-0.2, -0.15) is 0 Å². The summed E-state index contributed by atoms with van der Waals surface area (Å²) in [4.78, 5) is 2.08. The minimum Gasteiger partial charge on any atom is -0.455 e. The van der Waals surface area contributed by atoms with Crippen molar-refractivity contribution in [2.75, 3.05) is 4.90 Å². The molecule has 9 aromatic rings. The van der Waals surface area contributed by atoms with Gasteiger partial charge in [0, 0.05) is 33.3 Å². The van der Waals surface area contributed by atoms with Crippen LogP contribution in [0.25, 0.3) is 66.1 Å². The lowest BCUT2D eigenvalue weighted by atomic mass is 9.97. The predicted octanol–water partition coefficient (Wildman–Crippen LogP) is 13.2. The van der Waals surface area contributed by atoms with E-state index in [9.17, 15) is 1.37 Å². The molecule has 0 amide bonds. The zero-order valence-corrected chi connectivity index (χ0v) is 25.7. The standard InChI is InChI=1S/C46H31NO/c1-2-12-32(13-3-1)33-24-28-36(29-25-33)47(37-30-26-35(27-31-37)39-19-10-15-34-14-4-5-16-38(34)39)44-22-8-6-17-40(44)42-20-11-21-43-41-18-7-9-23-45(41)48-46(42)43/h1-31H/i7D,9D,11D,18D,20D,21D,23D. The van der Waals surface area contributed by atoms with Gasteiger partial charge in [-0.15, -0.1) is 0 Å². The molecule has 0 saturated carbocycles. The van der Waals surface area contributed by atoms with E-state index < -0.39 is 12.1 Å². The Bertz CT molecular complexity index is 2940. The van der Waals surface area contributed by atoms with Gasteiger partial charge in [-0.25, -0.2) is 0 Å². The number of nitrogens with zero attached hydrogens (tertiary/aromatic N) is 1. The summed E-state index contributed by atoms with van der Waals surface area (Å²) < 4.78 is 67.2. The summed E-state index contributed by atoms with van der Waals surface area (Å²) >= 11 is 0. The Hall–Kier alpha value is -6.38. The van der Waals surface area contributed by atoms with E-state index in [-0.39, 0.29) is 57.7 Å². The molecular weight excluding hydrogens is 583 g/mol. The van der Waals surface area contributed by atoms with Gasteiger partial charge in [0.2, 0.25) is 0 Å². The second kappa shape index (κ2) is 11.8. The first-order chi connectivity index (χ1) is 26.7. The number of rotatable bonds is 6. The predicted molar refractivity (Wildman–Crippen MR) is 202 cm³/mol. The summed E-state index contributed by atoms with van der Waals surface area (Å²) in [5.74, 6) is 0. The van der Waals surface area contributed by atoms with Crippen molar-refractivity contribution in [2.24, 2.45) is 0 Å². The fourth-order valence-corrected chi connectivity index (χ4v) is 6.53. The lowest BCUT2D eigenvalue weighted by Crippen LogP contribution is -2.11. The quantitative estimate of drug-likeness (QED) is 0.184. The molecule has 0 bridgehead atoms. The first-order valence-corrected chi connectivity index (χ1v) is 15.8. The van der Waals surface area contributed by atoms with Crippen LogP contribution in [-0.4, -0.2) is 0 Å². The van der Waals surface area contributed by atoms with Crippen LogP contribution in [0.3, 0.4) is 0 Å². The van der Waals surface area contributed by atoms with Gasteiger partial charge in [0.1, 0.15) is 11.2 Å². The van der Waals surface area contributed by atoms with E-state index in [1.807, 2.05) is 66.7 Å². The molecule has 0 fully saturated rings. The number of anilines is 3. The molecule has 48 heavy (non-hydrogen) atoms. The average Bonchev–Trinajstić information content (AvgIpc) is 3.63. The highest BCUT2D eigenvalue weighted by Crippen LogP contribution is 2.45. The third kappa shape index (κ3) is 4.83. The molecule has 2 nitrogen and oxygen atoms in total. The van der Waals surface area contributed by atoms with Gasteiger partial charge in [-0.3, -0.25) is 0 Å². The third-order valence-corrected chi connectivity index (χ3v) is 8.81. The molecule has 0 aliphatic carbocycles. The van der Waals surface area contributed by atoms with Crippen LogP contribution in [0.2, 0.25) is 0 Å². The smallest absolute Gasteiger partial charge is 0.143 e. The molecule has 0 spiro atoms. The van der Waals surface area contributed by atoms with Gasteiger partial charge in [0.05, 0.1) is 15.3 Å². The maximum Gasteiger partial charge on any atom is 0.143 e. The average molecular weight is 621 g/mol.